The molecule has 0 aliphatic heterocycles. The molecule has 0 amide bonds. The number of hydrogen-bond acceptors (Lipinski definition) is 2. The van der Waals surface area contributed by atoms with Gasteiger partial charge in [-0.1, -0.05) is 54.4 Å². The molecular weight excluding hydrogens is 282 g/mol. The number of rotatable bonds is 6. The minimum Gasteiger partial charge on any atom is -0.489 e. The van der Waals surface area contributed by atoms with Crippen molar-refractivity contribution in [2.75, 3.05) is 0 Å². The summed E-state index contributed by atoms with van der Waals surface area (Å²) < 4.78 is 5.96. The quantitative estimate of drug-likeness (QED) is 0.852. The molecule has 1 atom stereocenters. The molecular formula is C18H22ClNO. The second-order valence-corrected chi connectivity index (χ2v) is 5.77. The van der Waals surface area contributed by atoms with E-state index in [1.165, 1.54) is 5.56 Å². The maximum Gasteiger partial charge on any atom is 0.123 e. The normalized spacial score (nSPS) is 12.2. The Bertz CT molecular complexity index is 598. The Kier molecular flexibility index (Phi) is 5.66. The van der Waals surface area contributed by atoms with Crippen LogP contribution in [0.1, 0.15) is 30.0 Å². The lowest BCUT2D eigenvalue weighted by Crippen LogP contribution is -2.21. The van der Waals surface area contributed by atoms with Crippen molar-refractivity contribution in [2.45, 2.75) is 39.3 Å². The van der Waals surface area contributed by atoms with Gasteiger partial charge in [-0.25, -0.2) is 0 Å². The minimum absolute atomic E-state index is 0.162. The van der Waals surface area contributed by atoms with Crippen molar-refractivity contribution >= 4 is 11.6 Å². The number of nitrogens with two attached hydrogens (primary N) is 1. The van der Waals surface area contributed by atoms with Crippen LogP contribution in [-0.2, 0) is 13.0 Å². The molecule has 2 nitrogen and oxygen atoms in total. The predicted octanol–water partition coefficient (Wildman–Crippen LogP) is 4.51. The molecule has 0 saturated carbocycles. The third-order valence-corrected chi connectivity index (χ3v) is 3.93. The van der Waals surface area contributed by atoms with Crippen molar-refractivity contribution in [3.8, 4) is 5.75 Å². The Labute approximate surface area is 131 Å². The Morgan fingerprint density at radius 2 is 1.90 bits per heavy atom. The van der Waals surface area contributed by atoms with E-state index in [4.69, 9.17) is 22.1 Å². The molecule has 0 heterocycles. The average molecular weight is 304 g/mol. The summed E-state index contributed by atoms with van der Waals surface area (Å²) in [6.45, 7) is 4.65. The number of halogens is 1. The van der Waals surface area contributed by atoms with E-state index in [9.17, 15) is 0 Å². The summed E-state index contributed by atoms with van der Waals surface area (Å²) in [5, 5.41) is 0.733. The van der Waals surface area contributed by atoms with E-state index >= 15 is 0 Å². The van der Waals surface area contributed by atoms with Gasteiger partial charge in [-0.2, -0.15) is 0 Å². The van der Waals surface area contributed by atoms with Crippen molar-refractivity contribution in [3.63, 3.8) is 0 Å². The molecule has 1 unspecified atom stereocenters. The summed E-state index contributed by atoms with van der Waals surface area (Å²) in [7, 11) is 0. The van der Waals surface area contributed by atoms with Gasteiger partial charge in [0.1, 0.15) is 12.4 Å². The Balaban J connectivity index is 2.14. The molecule has 112 valence electrons. The van der Waals surface area contributed by atoms with Gasteiger partial charge >= 0.3 is 0 Å². The van der Waals surface area contributed by atoms with E-state index in [0.717, 1.165) is 34.7 Å². The molecule has 2 N–H and O–H groups in total. The zero-order valence-electron chi connectivity index (χ0n) is 12.6. The molecule has 0 radical (unpaired) electrons. The Hall–Kier alpha value is -1.51. The molecule has 3 heteroatoms. The zero-order chi connectivity index (χ0) is 15.2. The second-order valence-electron chi connectivity index (χ2n) is 5.36. The highest BCUT2D eigenvalue weighted by Gasteiger charge is 2.09. The topological polar surface area (TPSA) is 35.2 Å². The lowest BCUT2D eigenvalue weighted by molar-refractivity contribution is 0.302. The molecule has 0 bridgehead atoms. The molecule has 2 aromatic carbocycles. The van der Waals surface area contributed by atoms with Crippen molar-refractivity contribution in [3.05, 3.63) is 64.2 Å². The van der Waals surface area contributed by atoms with Gasteiger partial charge in [-0.3, -0.25) is 0 Å². The first-order valence-corrected chi connectivity index (χ1v) is 7.69. The summed E-state index contributed by atoms with van der Waals surface area (Å²) >= 11 is 6.16. The van der Waals surface area contributed by atoms with Gasteiger partial charge in [-0.05, 0) is 37.5 Å². The highest BCUT2D eigenvalue weighted by atomic mass is 35.5. The van der Waals surface area contributed by atoms with Crippen molar-refractivity contribution in [2.24, 2.45) is 5.73 Å². The fraction of sp³-hybridized carbons (Fsp3) is 0.333. The predicted molar refractivity (Wildman–Crippen MR) is 88.9 cm³/mol. The largest absolute Gasteiger partial charge is 0.489 e. The number of benzene rings is 2. The summed E-state index contributed by atoms with van der Waals surface area (Å²) in [5.74, 6) is 0.893. The molecule has 2 rings (SSSR count). The van der Waals surface area contributed by atoms with Crippen LogP contribution in [0.25, 0.3) is 0 Å². The monoisotopic (exact) mass is 303 g/mol. The lowest BCUT2D eigenvalue weighted by atomic mass is 10.0. The fourth-order valence-corrected chi connectivity index (χ4v) is 2.40. The average Bonchev–Trinajstić information content (AvgIpc) is 2.48. The van der Waals surface area contributed by atoms with Gasteiger partial charge in [0.2, 0.25) is 0 Å². The van der Waals surface area contributed by atoms with Crippen LogP contribution in [0.3, 0.4) is 0 Å². The van der Waals surface area contributed by atoms with Gasteiger partial charge in [0.05, 0.1) is 0 Å². The number of hydrogen-bond donors (Lipinski definition) is 1. The molecule has 0 aliphatic rings. The van der Waals surface area contributed by atoms with Crippen LogP contribution in [0.15, 0.2) is 42.5 Å². The Morgan fingerprint density at radius 3 is 2.62 bits per heavy atom. The van der Waals surface area contributed by atoms with E-state index in [-0.39, 0.29) is 6.04 Å². The molecule has 2 aromatic rings. The van der Waals surface area contributed by atoms with Crippen molar-refractivity contribution in [1.29, 1.82) is 0 Å². The standard InChI is InChI=1S/C18H22ClNO/c1-3-16(20)11-15-10-13(2)8-9-18(15)21-12-14-6-4-5-7-17(14)19/h4-10,16H,3,11-12,20H2,1-2H3. The van der Waals surface area contributed by atoms with Crippen LogP contribution in [0, 0.1) is 6.92 Å². The van der Waals surface area contributed by atoms with E-state index in [1.807, 2.05) is 30.3 Å². The summed E-state index contributed by atoms with van der Waals surface area (Å²) in [4.78, 5) is 0. The smallest absolute Gasteiger partial charge is 0.123 e. The SMILES string of the molecule is CCC(N)Cc1cc(C)ccc1OCc1ccccc1Cl. The van der Waals surface area contributed by atoms with Crippen LogP contribution < -0.4 is 10.5 Å². The van der Waals surface area contributed by atoms with Gasteiger partial charge < -0.3 is 10.5 Å². The molecule has 0 saturated heterocycles. The van der Waals surface area contributed by atoms with Crippen LogP contribution in [0.4, 0.5) is 0 Å². The lowest BCUT2D eigenvalue weighted by Gasteiger charge is -2.15. The third-order valence-electron chi connectivity index (χ3n) is 3.56. The highest BCUT2D eigenvalue weighted by Crippen LogP contribution is 2.24. The first kappa shape index (κ1) is 15.9. The molecule has 0 aliphatic carbocycles. The summed E-state index contributed by atoms with van der Waals surface area (Å²) in [6, 6.07) is 14.1. The van der Waals surface area contributed by atoms with Crippen LogP contribution in [0.5, 0.6) is 5.75 Å². The molecule has 0 fully saturated rings. The van der Waals surface area contributed by atoms with E-state index < -0.39 is 0 Å². The first-order valence-electron chi connectivity index (χ1n) is 7.31. The fourth-order valence-electron chi connectivity index (χ4n) is 2.21. The zero-order valence-corrected chi connectivity index (χ0v) is 13.4. The van der Waals surface area contributed by atoms with Crippen LogP contribution in [0.2, 0.25) is 5.02 Å². The van der Waals surface area contributed by atoms with Gasteiger partial charge in [0.25, 0.3) is 0 Å². The Morgan fingerprint density at radius 1 is 1.14 bits per heavy atom. The molecule has 0 aromatic heterocycles. The number of ether oxygens (including phenoxy) is 1. The van der Waals surface area contributed by atoms with Crippen LogP contribution in [-0.4, -0.2) is 6.04 Å². The molecule has 0 spiro atoms. The van der Waals surface area contributed by atoms with Crippen LogP contribution >= 0.6 is 11.6 Å². The summed E-state index contributed by atoms with van der Waals surface area (Å²) in [6.07, 6.45) is 1.79. The van der Waals surface area contributed by atoms with E-state index in [2.05, 4.69) is 26.0 Å². The van der Waals surface area contributed by atoms with Gasteiger partial charge in [0, 0.05) is 16.6 Å². The number of aryl methyl sites for hydroxylation is 1. The van der Waals surface area contributed by atoms with Crippen molar-refractivity contribution in [1.82, 2.24) is 0 Å². The van der Waals surface area contributed by atoms with E-state index in [0.29, 0.717) is 6.61 Å². The first-order chi connectivity index (χ1) is 10.1. The third kappa shape index (κ3) is 4.48. The maximum atomic E-state index is 6.16. The minimum atomic E-state index is 0.162. The van der Waals surface area contributed by atoms with E-state index in [1.54, 1.807) is 0 Å². The highest BCUT2D eigenvalue weighted by molar-refractivity contribution is 6.31. The van der Waals surface area contributed by atoms with Gasteiger partial charge in [0.15, 0.2) is 0 Å². The maximum absolute atomic E-state index is 6.16. The second kappa shape index (κ2) is 7.48. The van der Waals surface area contributed by atoms with Gasteiger partial charge in [-0.15, -0.1) is 0 Å². The summed E-state index contributed by atoms with van der Waals surface area (Å²) in [5.41, 5.74) is 9.45. The van der Waals surface area contributed by atoms with Crippen molar-refractivity contribution < 1.29 is 4.74 Å². The molecule has 21 heavy (non-hydrogen) atoms.